The van der Waals surface area contributed by atoms with Crippen molar-refractivity contribution in [3.63, 3.8) is 0 Å². The van der Waals surface area contributed by atoms with Gasteiger partial charge in [-0.05, 0) is 17.7 Å². The van der Waals surface area contributed by atoms with Crippen LogP contribution in [0.1, 0.15) is 5.56 Å². The van der Waals surface area contributed by atoms with Crippen molar-refractivity contribution in [2.24, 2.45) is 5.10 Å². The van der Waals surface area contributed by atoms with Gasteiger partial charge in [-0.3, -0.25) is 4.79 Å². The first kappa shape index (κ1) is 15.0. The summed E-state index contributed by atoms with van der Waals surface area (Å²) in [7, 11) is 0. The average Bonchev–Trinajstić information content (AvgIpc) is 2.69. The van der Waals surface area contributed by atoms with E-state index in [1.807, 2.05) is 78.9 Å². The molecule has 0 aliphatic rings. The molecular formula is C21H15N3O. The molecule has 0 spiro atoms. The molecule has 0 aliphatic carbocycles. The summed E-state index contributed by atoms with van der Waals surface area (Å²) in [5.74, 6) is 0.525. The van der Waals surface area contributed by atoms with Crippen LogP contribution in [0.2, 0.25) is 0 Å². The van der Waals surface area contributed by atoms with E-state index in [4.69, 9.17) is 0 Å². The number of para-hydroxylation sites is 1. The molecule has 0 saturated heterocycles. The molecular weight excluding hydrogens is 310 g/mol. The van der Waals surface area contributed by atoms with E-state index in [1.54, 1.807) is 12.3 Å². The molecule has 0 fully saturated rings. The first-order chi connectivity index (χ1) is 12.3. The van der Waals surface area contributed by atoms with Crippen LogP contribution in [0.5, 0.6) is 0 Å². The Bertz CT molecular complexity index is 1100. The van der Waals surface area contributed by atoms with Gasteiger partial charge in [0.25, 0.3) is 5.56 Å². The highest BCUT2D eigenvalue weighted by atomic mass is 16.1. The van der Waals surface area contributed by atoms with Crippen LogP contribution in [0.25, 0.3) is 22.3 Å². The van der Waals surface area contributed by atoms with Crippen molar-refractivity contribution in [2.75, 3.05) is 0 Å². The molecule has 0 bridgehead atoms. The molecule has 0 radical (unpaired) electrons. The predicted molar refractivity (Wildman–Crippen MR) is 101 cm³/mol. The van der Waals surface area contributed by atoms with Crippen LogP contribution in [0.3, 0.4) is 0 Å². The number of rotatable bonds is 3. The average molecular weight is 325 g/mol. The first-order valence-electron chi connectivity index (χ1n) is 7.99. The minimum Gasteiger partial charge on any atom is -0.267 e. The van der Waals surface area contributed by atoms with Crippen molar-refractivity contribution >= 4 is 17.1 Å². The Morgan fingerprint density at radius 1 is 0.800 bits per heavy atom. The van der Waals surface area contributed by atoms with E-state index < -0.39 is 0 Å². The molecule has 4 nitrogen and oxygen atoms in total. The van der Waals surface area contributed by atoms with E-state index >= 15 is 0 Å². The van der Waals surface area contributed by atoms with Gasteiger partial charge in [0.05, 0.1) is 17.1 Å². The highest BCUT2D eigenvalue weighted by molar-refractivity contribution is 5.81. The van der Waals surface area contributed by atoms with Crippen molar-refractivity contribution < 1.29 is 0 Å². The number of fused-ring (bicyclic) bond motifs is 1. The van der Waals surface area contributed by atoms with Crippen molar-refractivity contribution in [1.82, 2.24) is 9.66 Å². The highest BCUT2D eigenvalue weighted by Crippen LogP contribution is 2.18. The quantitative estimate of drug-likeness (QED) is 0.536. The Morgan fingerprint density at radius 3 is 2.20 bits per heavy atom. The van der Waals surface area contributed by atoms with Crippen LogP contribution in [0, 0.1) is 0 Å². The van der Waals surface area contributed by atoms with Crippen molar-refractivity contribution in [1.29, 1.82) is 0 Å². The van der Waals surface area contributed by atoms with Gasteiger partial charge < -0.3 is 0 Å². The molecule has 0 amide bonds. The Balaban J connectivity index is 1.96. The summed E-state index contributed by atoms with van der Waals surface area (Å²) in [6.45, 7) is 0. The number of hydrogen-bond donors (Lipinski definition) is 0. The molecule has 4 heteroatoms. The fraction of sp³-hybridized carbons (Fsp3) is 0. The van der Waals surface area contributed by atoms with E-state index in [0.29, 0.717) is 16.7 Å². The third-order valence-electron chi connectivity index (χ3n) is 3.91. The van der Waals surface area contributed by atoms with Gasteiger partial charge in [0.15, 0.2) is 5.82 Å². The zero-order chi connectivity index (χ0) is 17.1. The minimum atomic E-state index is -0.184. The second kappa shape index (κ2) is 6.53. The van der Waals surface area contributed by atoms with Crippen molar-refractivity contribution in [3.8, 4) is 11.4 Å². The molecule has 0 saturated carbocycles. The maximum atomic E-state index is 13.0. The van der Waals surface area contributed by atoms with Gasteiger partial charge in [0.1, 0.15) is 0 Å². The summed E-state index contributed by atoms with van der Waals surface area (Å²) in [4.78, 5) is 17.6. The number of nitrogens with zero attached hydrogens (tertiary/aromatic N) is 3. The molecule has 4 aromatic rings. The lowest BCUT2D eigenvalue weighted by molar-refractivity contribution is 0.830. The lowest BCUT2D eigenvalue weighted by Crippen LogP contribution is -2.20. The number of hydrogen-bond acceptors (Lipinski definition) is 3. The maximum absolute atomic E-state index is 13.0. The molecule has 3 aromatic carbocycles. The lowest BCUT2D eigenvalue weighted by atomic mass is 10.2. The van der Waals surface area contributed by atoms with Crippen LogP contribution in [0.15, 0.2) is 94.8 Å². The summed E-state index contributed by atoms with van der Waals surface area (Å²) in [5.41, 5.74) is 2.24. The van der Waals surface area contributed by atoms with Crippen molar-refractivity contribution in [3.05, 3.63) is 101 Å². The Kier molecular flexibility index (Phi) is 3.92. The van der Waals surface area contributed by atoms with Crippen LogP contribution in [0.4, 0.5) is 0 Å². The van der Waals surface area contributed by atoms with Crippen LogP contribution < -0.4 is 5.56 Å². The normalized spacial score (nSPS) is 11.2. The fourth-order valence-corrected chi connectivity index (χ4v) is 2.67. The molecule has 4 rings (SSSR count). The van der Waals surface area contributed by atoms with Crippen LogP contribution >= 0.6 is 0 Å². The standard InChI is InChI=1S/C21H15N3O/c25-21-18-13-7-8-14-19(18)23-20(17-11-5-2-6-12-17)24(21)22-15-16-9-3-1-4-10-16/h1-15H/b22-15+. The van der Waals surface area contributed by atoms with E-state index in [2.05, 4.69) is 10.1 Å². The molecule has 1 aromatic heterocycles. The Hall–Kier alpha value is -3.53. The van der Waals surface area contributed by atoms with Gasteiger partial charge in [0, 0.05) is 5.56 Å². The van der Waals surface area contributed by atoms with E-state index in [0.717, 1.165) is 11.1 Å². The number of benzene rings is 3. The molecule has 25 heavy (non-hydrogen) atoms. The minimum absolute atomic E-state index is 0.184. The Morgan fingerprint density at radius 2 is 1.44 bits per heavy atom. The highest BCUT2D eigenvalue weighted by Gasteiger charge is 2.11. The maximum Gasteiger partial charge on any atom is 0.282 e. The molecule has 0 N–H and O–H groups in total. The first-order valence-corrected chi connectivity index (χ1v) is 7.99. The second-order valence-electron chi connectivity index (χ2n) is 5.59. The van der Waals surface area contributed by atoms with Crippen LogP contribution in [-0.4, -0.2) is 15.9 Å². The summed E-state index contributed by atoms with van der Waals surface area (Å²) in [5, 5.41) is 4.97. The van der Waals surface area contributed by atoms with E-state index in [-0.39, 0.29) is 5.56 Å². The van der Waals surface area contributed by atoms with E-state index in [1.165, 1.54) is 4.68 Å². The SMILES string of the molecule is O=c1c2ccccc2nc(-c2ccccc2)n1/N=C/c1ccccc1. The summed E-state index contributed by atoms with van der Waals surface area (Å²) >= 11 is 0. The van der Waals surface area contributed by atoms with Crippen LogP contribution in [-0.2, 0) is 0 Å². The predicted octanol–water partition coefficient (Wildman–Crippen LogP) is 3.95. The summed E-state index contributed by atoms with van der Waals surface area (Å²) in [6.07, 6.45) is 1.67. The van der Waals surface area contributed by atoms with Gasteiger partial charge >= 0.3 is 0 Å². The van der Waals surface area contributed by atoms with E-state index in [9.17, 15) is 4.79 Å². The topological polar surface area (TPSA) is 47.2 Å². The van der Waals surface area contributed by atoms with Crippen molar-refractivity contribution in [2.45, 2.75) is 0 Å². The third kappa shape index (κ3) is 2.97. The second-order valence-corrected chi connectivity index (χ2v) is 5.59. The zero-order valence-electron chi connectivity index (χ0n) is 13.4. The summed E-state index contributed by atoms with van der Waals surface area (Å²) in [6, 6.07) is 26.6. The third-order valence-corrected chi connectivity index (χ3v) is 3.91. The Labute approximate surface area is 144 Å². The lowest BCUT2D eigenvalue weighted by Gasteiger charge is -2.09. The molecule has 0 atom stereocenters. The van der Waals surface area contributed by atoms with Gasteiger partial charge in [-0.1, -0.05) is 72.8 Å². The molecule has 0 aliphatic heterocycles. The van der Waals surface area contributed by atoms with Gasteiger partial charge in [-0.25, -0.2) is 4.98 Å². The van der Waals surface area contributed by atoms with Gasteiger partial charge in [-0.2, -0.15) is 9.78 Å². The smallest absolute Gasteiger partial charge is 0.267 e. The molecule has 120 valence electrons. The summed E-state index contributed by atoms with van der Waals surface area (Å²) < 4.78 is 1.37. The molecule has 0 unspecified atom stereocenters. The largest absolute Gasteiger partial charge is 0.282 e. The number of aromatic nitrogens is 2. The fourth-order valence-electron chi connectivity index (χ4n) is 2.67. The molecule has 1 heterocycles. The zero-order valence-corrected chi connectivity index (χ0v) is 13.4. The van der Waals surface area contributed by atoms with Gasteiger partial charge in [-0.15, -0.1) is 0 Å². The monoisotopic (exact) mass is 325 g/mol. The van der Waals surface area contributed by atoms with Gasteiger partial charge in [0.2, 0.25) is 0 Å².